The Morgan fingerprint density at radius 3 is 2.55 bits per heavy atom. The molecule has 2 aromatic carbocycles. The van der Waals surface area contributed by atoms with E-state index in [1.54, 1.807) is 38.3 Å². The van der Waals surface area contributed by atoms with Gasteiger partial charge in [-0.25, -0.2) is 4.79 Å². The van der Waals surface area contributed by atoms with Gasteiger partial charge in [0, 0.05) is 42.0 Å². The summed E-state index contributed by atoms with van der Waals surface area (Å²) in [6.07, 6.45) is 2.09. The molecule has 0 bridgehead atoms. The second-order valence-electron chi connectivity index (χ2n) is 9.40. The standard InChI is InChI=1S/C30H29NO7/c1-17-26(30(34)37-13-12-35-2)27(21-16-38-25-11-7-5-9-20(25)29(21)33)28-22(31-17)14-18(15-23(28)32)19-8-4-6-10-24(19)36-3/h4-11,16,18,27,31H,12-15H2,1-3H3/t18-,27+/m0/s1. The highest BCUT2D eigenvalue weighted by atomic mass is 16.6. The number of para-hydroxylation sites is 2. The summed E-state index contributed by atoms with van der Waals surface area (Å²) in [5.74, 6) is -1.10. The number of allylic oxidation sites excluding steroid dienone is 3. The van der Waals surface area contributed by atoms with Gasteiger partial charge in [-0.2, -0.15) is 0 Å². The zero-order valence-electron chi connectivity index (χ0n) is 21.5. The zero-order valence-corrected chi connectivity index (χ0v) is 21.5. The van der Waals surface area contributed by atoms with Crippen molar-refractivity contribution in [3.8, 4) is 5.75 Å². The predicted molar refractivity (Wildman–Crippen MR) is 141 cm³/mol. The molecule has 3 aromatic rings. The average Bonchev–Trinajstić information content (AvgIpc) is 2.92. The third kappa shape index (κ3) is 4.52. The normalized spacial score (nSPS) is 19.3. The number of carbonyl (C=O) groups excluding carboxylic acids is 2. The number of esters is 1. The molecule has 8 nitrogen and oxygen atoms in total. The number of hydrogen-bond acceptors (Lipinski definition) is 8. The number of ketones is 1. The monoisotopic (exact) mass is 515 g/mol. The number of carbonyl (C=O) groups is 2. The van der Waals surface area contributed by atoms with Crippen LogP contribution in [0.2, 0.25) is 0 Å². The number of nitrogens with one attached hydrogen (secondary N) is 1. The van der Waals surface area contributed by atoms with Crippen LogP contribution >= 0.6 is 0 Å². The molecule has 0 saturated carbocycles. The van der Waals surface area contributed by atoms with Crippen LogP contribution in [0.5, 0.6) is 5.75 Å². The van der Waals surface area contributed by atoms with E-state index in [4.69, 9.17) is 18.6 Å². The highest BCUT2D eigenvalue weighted by Crippen LogP contribution is 2.46. The Morgan fingerprint density at radius 1 is 1.00 bits per heavy atom. The topological polar surface area (TPSA) is 104 Å². The van der Waals surface area contributed by atoms with E-state index in [2.05, 4.69) is 5.32 Å². The summed E-state index contributed by atoms with van der Waals surface area (Å²) in [6, 6.07) is 14.6. The number of fused-ring (bicyclic) bond motifs is 1. The van der Waals surface area contributed by atoms with Crippen LogP contribution < -0.4 is 15.5 Å². The van der Waals surface area contributed by atoms with Crippen LogP contribution in [0.1, 0.15) is 42.7 Å². The van der Waals surface area contributed by atoms with Crippen molar-refractivity contribution in [2.24, 2.45) is 0 Å². The maximum Gasteiger partial charge on any atom is 0.336 e. The molecule has 0 radical (unpaired) electrons. The van der Waals surface area contributed by atoms with E-state index < -0.39 is 11.9 Å². The summed E-state index contributed by atoms with van der Waals surface area (Å²) in [5, 5.41) is 3.68. The largest absolute Gasteiger partial charge is 0.496 e. The van der Waals surface area contributed by atoms with Crippen LogP contribution in [-0.2, 0) is 19.1 Å². The molecule has 2 aliphatic rings. The lowest BCUT2D eigenvalue weighted by molar-refractivity contribution is -0.140. The van der Waals surface area contributed by atoms with Crippen molar-refractivity contribution in [3.05, 3.63) is 98.7 Å². The summed E-state index contributed by atoms with van der Waals surface area (Å²) in [4.78, 5) is 40.9. The van der Waals surface area contributed by atoms with Gasteiger partial charge in [0.1, 0.15) is 17.9 Å². The van der Waals surface area contributed by atoms with Crippen LogP contribution in [-0.4, -0.2) is 39.2 Å². The smallest absolute Gasteiger partial charge is 0.336 e. The van der Waals surface area contributed by atoms with E-state index in [0.717, 1.165) is 5.56 Å². The predicted octanol–water partition coefficient (Wildman–Crippen LogP) is 4.35. The van der Waals surface area contributed by atoms with Gasteiger partial charge in [0.25, 0.3) is 0 Å². The molecule has 1 aromatic heterocycles. The molecule has 1 aliphatic heterocycles. The molecule has 1 N–H and O–H groups in total. The Bertz CT molecular complexity index is 1530. The lowest BCUT2D eigenvalue weighted by Crippen LogP contribution is -2.37. The quantitative estimate of drug-likeness (QED) is 0.366. The molecule has 38 heavy (non-hydrogen) atoms. The van der Waals surface area contributed by atoms with Crippen molar-refractivity contribution in [2.45, 2.75) is 31.6 Å². The van der Waals surface area contributed by atoms with Gasteiger partial charge in [-0.05, 0) is 37.1 Å². The first-order chi connectivity index (χ1) is 18.4. The number of ether oxygens (including phenoxy) is 3. The number of benzene rings is 2. The second-order valence-corrected chi connectivity index (χ2v) is 9.40. The van der Waals surface area contributed by atoms with Crippen LogP contribution in [0, 0.1) is 0 Å². The Morgan fingerprint density at radius 2 is 1.76 bits per heavy atom. The SMILES string of the molecule is COCCOC(=O)C1=C(C)NC2=C(C(=O)C[C@@H](c3ccccc3OC)C2)[C@@H]1c1coc2ccccc2c1=O. The number of hydrogen-bond donors (Lipinski definition) is 1. The van der Waals surface area contributed by atoms with Crippen LogP contribution in [0.4, 0.5) is 0 Å². The average molecular weight is 516 g/mol. The fourth-order valence-corrected chi connectivity index (χ4v) is 5.43. The van der Waals surface area contributed by atoms with Crippen molar-refractivity contribution in [3.63, 3.8) is 0 Å². The minimum atomic E-state index is -0.923. The summed E-state index contributed by atoms with van der Waals surface area (Å²) in [7, 11) is 3.12. The molecule has 2 heterocycles. The van der Waals surface area contributed by atoms with Gasteiger partial charge < -0.3 is 23.9 Å². The number of Topliss-reactive ketones (excluding diaryl/α,β-unsaturated/α-hetero) is 1. The van der Waals surface area contributed by atoms with E-state index in [9.17, 15) is 14.4 Å². The summed E-state index contributed by atoms with van der Waals surface area (Å²) in [5.41, 5.74) is 3.11. The molecule has 0 fully saturated rings. The summed E-state index contributed by atoms with van der Waals surface area (Å²) >= 11 is 0. The van der Waals surface area contributed by atoms with E-state index in [-0.39, 0.29) is 47.9 Å². The molecular weight excluding hydrogens is 486 g/mol. The Kier molecular flexibility index (Phi) is 7.15. The first-order valence-electron chi connectivity index (χ1n) is 12.5. The van der Waals surface area contributed by atoms with Crippen molar-refractivity contribution in [1.29, 1.82) is 0 Å². The molecule has 0 amide bonds. The van der Waals surface area contributed by atoms with Gasteiger partial charge in [-0.15, -0.1) is 0 Å². The summed E-state index contributed by atoms with van der Waals surface area (Å²) < 4.78 is 21.8. The summed E-state index contributed by atoms with van der Waals surface area (Å²) in [6.45, 7) is 2.02. The van der Waals surface area contributed by atoms with Crippen molar-refractivity contribution >= 4 is 22.7 Å². The Balaban J connectivity index is 1.64. The van der Waals surface area contributed by atoms with Crippen LogP contribution in [0.15, 0.2) is 86.5 Å². The maximum absolute atomic E-state index is 13.8. The molecule has 0 saturated heterocycles. The van der Waals surface area contributed by atoms with E-state index in [1.165, 1.54) is 13.4 Å². The van der Waals surface area contributed by atoms with Crippen molar-refractivity contribution < 1.29 is 28.2 Å². The molecule has 196 valence electrons. The third-order valence-corrected chi connectivity index (χ3v) is 7.16. The fraction of sp³-hybridized carbons (Fsp3) is 0.300. The first-order valence-corrected chi connectivity index (χ1v) is 12.5. The molecule has 8 heteroatoms. The fourth-order valence-electron chi connectivity index (χ4n) is 5.43. The van der Waals surface area contributed by atoms with Crippen molar-refractivity contribution in [1.82, 2.24) is 5.32 Å². The van der Waals surface area contributed by atoms with Gasteiger partial charge >= 0.3 is 5.97 Å². The highest BCUT2D eigenvalue weighted by molar-refractivity contribution is 6.04. The minimum absolute atomic E-state index is 0.0425. The molecule has 1 aliphatic carbocycles. The van der Waals surface area contributed by atoms with Gasteiger partial charge in [0.15, 0.2) is 11.2 Å². The Hall–Kier alpha value is -4.17. The molecular formula is C30H29NO7. The number of rotatable bonds is 7. The molecule has 5 rings (SSSR count). The van der Waals surface area contributed by atoms with Crippen LogP contribution in [0.25, 0.3) is 11.0 Å². The van der Waals surface area contributed by atoms with E-state index in [0.29, 0.717) is 40.1 Å². The lowest BCUT2D eigenvalue weighted by atomic mass is 9.71. The highest BCUT2D eigenvalue weighted by Gasteiger charge is 2.43. The van der Waals surface area contributed by atoms with Gasteiger partial charge in [-0.3, -0.25) is 9.59 Å². The van der Waals surface area contributed by atoms with Gasteiger partial charge in [0.2, 0.25) is 0 Å². The number of dihydropyridines is 1. The second kappa shape index (κ2) is 10.7. The van der Waals surface area contributed by atoms with Crippen molar-refractivity contribution in [2.75, 3.05) is 27.4 Å². The number of methoxy groups -OCH3 is 2. The zero-order chi connectivity index (χ0) is 26.8. The molecule has 0 unspecified atom stereocenters. The molecule has 0 spiro atoms. The Labute approximate surface area is 219 Å². The molecule has 2 atom stereocenters. The van der Waals surface area contributed by atoms with Crippen LogP contribution in [0.3, 0.4) is 0 Å². The van der Waals surface area contributed by atoms with Gasteiger partial charge in [0.05, 0.1) is 36.9 Å². The first kappa shape index (κ1) is 25.5. The lowest BCUT2D eigenvalue weighted by Gasteiger charge is -2.36. The van der Waals surface area contributed by atoms with Gasteiger partial charge in [-0.1, -0.05) is 30.3 Å². The maximum atomic E-state index is 13.8. The van der Waals surface area contributed by atoms with E-state index in [1.807, 2.05) is 24.3 Å². The minimum Gasteiger partial charge on any atom is -0.496 e. The third-order valence-electron chi connectivity index (χ3n) is 7.16. The van der Waals surface area contributed by atoms with E-state index >= 15 is 0 Å².